The van der Waals surface area contributed by atoms with Crippen molar-refractivity contribution in [2.45, 2.75) is 45.1 Å². The molecule has 0 amide bonds. The molecule has 1 saturated carbocycles. The van der Waals surface area contributed by atoms with Crippen molar-refractivity contribution in [1.82, 2.24) is 4.57 Å². The van der Waals surface area contributed by atoms with Crippen LogP contribution in [-0.4, -0.2) is 4.57 Å². The first-order chi connectivity index (χ1) is 8.31. The van der Waals surface area contributed by atoms with E-state index >= 15 is 0 Å². The lowest BCUT2D eigenvalue weighted by molar-refractivity contribution is 0.322. The number of hydrogen-bond donors (Lipinski definition) is 0. The first-order valence-corrected chi connectivity index (χ1v) is 6.41. The second-order valence-electron chi connectivity index (χ2n) is 4.82. The van der Waals surface area contributed by atoms with E-state index in [2.05, 4.69) is 0 Å². The monoisotopic (exact) mass is 230 g/mol. The molecule has 2 rings (SSSR count). The molecule has 0 saturated heterocycles. The summed E-state index contributed by atoms with van der Waals surface area (Å²) < 4.78 is 1.67. The second-order valence-corrected chi connectivity index (χ2v) is 4.82. The molecule has 0 unspecified atom stereocenters. The maximum atomic E-state index is 11.8. The number of hydrogen-bond acceptors (Lipinski definition) is 2. The Morgan fingerprint density at radius 1 is 1.35 bits per heavy atom. The number of nitrogens with zero attached hydrogens (tertiary/aromatic N) is 2. The molecule has 3 heteroatoms. The van der Waals surface area contributed by atoms with Crippen molar-refractivity contribution >= 4 is 0 Å². The molecule has 1 aliphatic carbocycles. The van der Waals surface area contributed by atoms with Gasteiger partial charge in [-0.2, -0.15) is 5.26 Å². The number of nitriles is 1. The summed E-state index contributed by atoms with van der Waals surface area (Å²) in [4.78, 5) is 11.8. The zero-order valence-electron chi connectivity index (χ0n) is 10.1. The van der Waals surface area contributed by atoms with E-state index in [1.165, 1.54) is 32.1 Å². The number of aromatic nitrogens is 1. The molecule has 1 aromatic rings. The van der Waals surface area contributed by atoms with Gasteiger partial charge < -0.3 is 4.57 Å². The fourth-order valence-corrected chi connectivity index (χ4v) is 2.60. The van der Waals surface area contributed by atoms with Crippen molar-refractivity contribution in [3.63, 3.8) is 0 Å². The van der Waals surface area contributed by atoms with Crippen LogP contribution < -0.4 is 5.56 Å². The van der Waals surface area contributed by atoms with Gasteiger partial charge in [0.1, 0.15) is 11.6 Å². The van der Waals surface area contributed by atoms with Gasteiger partial charge in [-0.3, -0.25) is 4.79 Å². The van der Waals surface area contributed by atoms with Gasteiger partial charge in [-0.1, -0.05) is 32.1 Å². The van der Waals surface area contributed by atoms with Gasteiger partial charge in [0, 0.05) is 12.7 Å². The molecule has 90 valence electrons. The Kier molecular flexibility index (Phi) is 3.98. The van der Waals surface area contributed by atoms with Gasteiger partial charge in [-0.25, -0.2) is 0 Å². The Labute approximate surface area is 102 Å². The largest absolute Gasteiger partial charge is 0.314 e. The zero-order valence-corrected chi connectivity index (χ0v) is 10.1. The van der Waals surface area contributed by atoms with Crippen molar-refractivity contribution in [2.24, 2.45) is 5.92 Å². The third-order valence-electron chi connectivity index (χ3n) is 3.64. The SMILES string of the molecule is N#Cc1cccn(CCC2CCCCC2)c1=O. The topological polar surface area (TPSA) is 45.8 Å². The van der Waals surface area contributed by atoms with Crippen molar-refractivity contribution < 1.29 is 0 Å². The molecule has 0 spiro atoms. The standard InChI is InChI=1S/C14H18N2O/c15-11-13-7-4-9-16(14(13)17)10-8-12-5-2-1-3-6-12/h4,7,9,12H,1-3,5-6,8,10H2. The van der Waals surface area contributed by atoms with Gasteiger partial charge in [-0.05, 0) is 24.5 Å². The van der Waals surface area contributed by atoms with Crippen molar-refractivity contribution in [3.8, 4) is 6.07 Å². The predicted molar refractivity (Wildman–Crippen MR) is 66.6 cm³/mol. The molecule has 1 aromatic heterocycles. The molecule has 0 aliphatic heterocycles. The van der Waals surface area contributed by atoms with E-state index in [1.807, 2.05) is 6.07 Å². The van der Waals surface area contributed by atoms with Crippen molar-refractivity contribution in [1.29, 1.82) is 5.26 Å². The van der Waals surface area contributed by atoms with Crippen LogP contribution in [0.15, 0.2) is 23.1 Å². The van der Waals surface area contributed by atoms with Crippen LogP contribution in [0.4, 0.5) is 0 Å². The third-order valence-corrected chi connectivity index (χ3v) is 3.64. The van der Waals surface area contributed by atoms with Crippen molar-refractivity contribution in [3.05, 3.63) is 34.2 Å². The first-order valence-electron chi connectivity index (χ1n) is 6.41. The van der Waals surface area contributed by atoms with Crippen LogP contribution in [0.3, 0.4) is 0 Å². The number of rotatable bonds is 3. The summed E-state index contributed by atoms with van der Waals surface area (Å²) >= 11 is 0. The fraction of sp³-hybridized carbons (Fsp3) is 0.571. The van der Waals surface area contributed by atoms with E-state index in [1.54, 1.807) is 22.9 Å². The lowest BCUT2D eigenvalue weighted by Gasteiger charge is -2.21. The first kappa shape index (κ1) is 11.9. The van der Waals surface area contributed by atoms with Gasteiger partial charge in [-0.15, -0.1) is 0 Å². The maximum Gasteiger partial charge on any atom is 0.268 e. The summed E-state index contributed by atoms with van der Waals surface area (Å²) in [6.45, 7) is 0.749. The molecule has 0 radical (unpaired) electrons. The molecular formula is C14H18N2O. The van der Waals surface area contributed by atoms with E-state index in [9.17, 15) is 4.79 Å². The highest BCUT2D eigenvalue weighted by Crippen LogP contribution is 2.26. The Morgan fingerprint density at radius 2 is 2.12 bits per heavy atom. The highest BCUT2D eigenvalue weighted by Gasteiger charge is 2.13. The van der Waals surface area contributed by atoms with Crippen LogP contribution >= 0.6 is 0 Å². The fourth-order valence-electron chi connectivity index (χ4n) is 2.60. The van der Waals surface area contributed by atoms with Gasteiger partial charge >= 0.3 is 0 Å². The minimum atomic E-state index is -0.147. The Bertz CT molecular complexity index is 464. The zero-order chi connectivity index (χ0) is 12.1. The predicted octanol–water partition coefficient (Wildman–Crippen LogP) is 2.69. The van der Waals surface area contributed by atoms with E-state index in [0.29, 0.717) is 0 Å². The van der Waals surface area contributed by atoms with Gasteiger partial charge in [0.15, 0.2) is 0 Å². The van der Waals surface area contributed by atoms with Crippen LogP contribution in [-0.2, 0) is 6.54 Å². The molecular weight excluding hydrogens is 212 g/mol. The second kappa shape index (κ2) is 5.67. The Morgan fingerprint density at radius 3 is 2.82 bits per heavy atom. The van der Waals surface area contributed by atoms with E-state index in [4.69, 9.17) is 5.26 Å². The number of aryl methyl sites for hydroxylation is 1. The molecule has 1 heterocycles. The normalized spacial score (nSPS) is 16.6. The molecule has 3 nitrogen and oxygen atoms in total. The van der Waals surface area contributed by atoms with Crippen molar-refractivity contribution in [2.75, 3.05) is 0 Å². The summed E-state index contributed by atoms with van der Waals surface area (Å²) in [5, 5.41) is 8.80. The number of pyridine rings is 1. The van der Waals surface area contributed by atoms with Crippen LogP contribution in [0.1, 0.15) is 44.1 Å². The molecule has 17 heavy (non-hydrogen) atoms. The lowest BCUT2D eigenvalue weighted by atomic mass is 9.87. The summed E-state index contributed by atoms with van der Waals surface area (Å²) in [7, 11) is 0. The summed E-state index contributed by atoms with van der Waals surface area (Å²) in [5.74, 6) is 0.765. The van der Waals surface area contributed by atoms with Crippen LogP contribution in [0.2, 0.25) is 0 Å². The quantitative estimate of drug-likeness (QED) is 0.801. The maximum absolute atomic E-state index is 11.8. The minimum Gasteiger partial charge on any atom is -0.314 e. The summed E-state index contributed by atoms with van der Waals surface area (Å²) in [6.07, 6.45) is 9.47. The lowest BCUT2D eigenvalue weighted by Crippen LogP contribution is -2.23. The van der Waals surface area contributed by atoms with Crippen LogP contribution in [0.5, 0.6) is 0 Å². The van der Waals surface area contributed by atoms with E-state index < -0.39 is 0 Å². The molecule has 0 bridgehead atoms. The highest BCUT2D eigenvalue weighted by molar-refractivity contribution is 5.24. The molecule has 0 aromatic carbocycles. The highest BCUT2D eigenvalue weighted by atomic mass is 16.1. The third kappa shape index (κ3) is 2.97. The van der Waals surface area contributed by atoms with Gasteiger partial charge in [0.2, 0.25) is 0 Å². The van der Waals surface area contributed by atoms with Gasteiger partial charge in [0.25, 0.3) is 5.56 Å². The van der Waals surface area contributed by atoms with Crippen LogP contribution in [0, 0.1) is 17.2 Å². The van der Waals surface area contributed by atoms with E-state index in [0.717, 1.165) is 18.9 Å². The molecule has 0 N–H and O–H groups in total. The average molecular weight is 230 g/mol. The molecule has 0 atom stereocenters. The Balaban J connectivity index is 1.99. The minimum absolute atomic E-state index is 0.147. The van der Waals surface area contributed by atoms with Crippen LogP contribution in [0.25, 0.3) is 0 Å². The summed E-state index contributed by atoms with van der Waals surface area (Å²) in [6, 6.07) is 5.30. The van der Waals surface area contributed by atoms with E-state index in [-0.39, 0.29) is 11.1 Å². The average Bonchev–Trinajstić information content (AvgIpc) is 2.39. The van der Waals surface area contributed by atoms with Gasteiger partial charge in [0.05, 0.1) is 0 Å². The summed E-state index contributed by atoms with van der Waals surface area (Å²) in [5.41, 5.74) is 0.0990. The molecule has 1 fully saturated rings. The Hall–Kier alpha value is -1.56. The molecule has 1 aliphatic rings. The smallest absolute Gasteiger partial charge is 0.268 e.